The van der Waals surface area contributed by atoms with Gasteiger partial charge in [-0.2, -0.15) is 0 Å². The normalized spacial score (nSPS) is 10.9. The first-order chi connectivity index (χ1) is 11.3. The molecule has 0 aliphatic carbocycles. The Morgan fingerprint density at radius 2 is 1.91 bits per heavy atom. The summed E-state index contributed by atoms with van der Waals surface area (Å²) in [6.45, 7) is 6.69. The zero-order chi connectivity index (χ0) is 16.3. The summed E-state index contributed by atoms with van der Waals surface area (Å²) in [5.41, 5.74) is 1.88. The Morgan fingerprint density at radius 1 is 1.09 bits per heavy atom. The molecule has 0 unspecified atom stereocenters. The Kier molecular flexibility index (Phi) is 7.67. The van der Waals surface area contributed by atoms with Crippen molar-refractivity contribution in [1.82, 2.24) is 10.5 Å². The fourth-order valence-corrected chi connectivity index (χ4v) is 2.46. The summed E-state index contributed by atoms with van der Waals surface area (Å²) in [5, 5.41) is 7.36. The van der Waals surface area contributed by atoms with Crippen LogP contribution in [0.1, 0.15) is 51.6 Å². The Labute approximate surface area is 139 Å². The van der Waals surface area contributed by atoms with Crippen LogP contribution in [0.4, 0.5) is 0 Å². The average molecular weight is 316 g/mol. The van der Waals surface area contributed by atoms with Crippen molar-refractivity contribution in [3.05, 3.63) is 36.0 Å². The molecule has 0 saturated heterocycles. The number of ether oxygens (including phenoxy) is 1. The molecule has 0 aliphatic heterocycles. The maximum atomic E-state index is 5.96. The Hall–Kier alpha value is -1.81. The number of unbranched alkanes of at least 4 members (excludes halogenated alkanes) is 4. The first-order valence-electron chi connectivity index (χ1n) is 8.73. The van der Waals surface area contributed by atoms with Crippen molar-refractivity contribution in [2.75, 3.05) is 13.2 Å². The summed E-state index contributed by atoms with van der Waals surface area (Å²) in [6, 6.07) is 9.98. The zero-order valence-corrected chi connectivity index (χ0v) is 14.3. The van der Waals surface area contributed by atoms with Crippen LogP contribution in [0.15, 0.2) is 34.9 Å². The molecule has 4 nitrogen and oxygen atoms in total. The number of hydrogen-bond donors (Lipinski definition) is 1. The van der Waals surface area contributed by atoms with Crippen molar-refractivity contribution in [3.63, 3.8) is 0 Å². The fourth-order valence-electron chi connectivity index (χ4n) is 2.46. The monoisotopic (exact) mass is 316 g/mol. The van der Waals surface area contributed by atoms with Crippen molar-refractivity contribution in [1.29, 1.82) is 0 Å². The summed E-state index contributed by atoms with van der Waals surface area (Å²) >= 11 is 0. The minimum atomic E-state index is 0.723. The van der Waals surface area contributed by atoms with Gasteiger partial charge in [0, 0.05) is 12.6 Å². The molecular formula is C19H28N2O2. The number of nitrogens with zero attached hydrogens (tertiary/aromatic N) is 1. The van der Waals surface area contributed by atoms with E-state index in [9.17, 15) is 0 Å². The highest BCUT2D eigenvalue weighted by Crippen LogP contribution is 2.30. The van der Waals surface area contributed by atoms with Gasteiger partial charge in [-0.3, -0.25) is 0 Å². The predicted octanol–water partition coefficient (Wildman–Crippen LogP) is 4.80. The van der Waals surface area contributed by atoms with E-state index in [2.05, 4.69) is 24.3 Å². The third-order valence-corrected chi connectivity index (χ3v) is 3.77. The summed E-state index contributed by atoms with van der Waals surface area (Å²) in [6.07, 6.45) is 6.19. The van der Waals surface area contributed by atoms with Gasteiger partial charge in [0.25, 0.3) is 0 Å². The molecule has 0 bridgehead atoms. The van der Waals surface area contributed by atoms with Gasteiger partial charge in [0.15, 0.2) is 5.76 Å². The topological polar surface area (TPSA) is 47.3 Å². The van der Waals surface area contributed by atoms with E-state index in [1.807, 2.05) is 30.3 Å². The van der Waals surface area contributed by atoms with Crippen LogP contribution in [-0.2, 0) is 6.54 Å². The van der Waals surface area contributed by atoms with Gasteiger partial charge in [-0.05, 0) is 25.1 Å². The molecule has 1 N–H and O–H groups in total. The summed E-state index contributed by atoms with van der Waals surface area (Å²) in [5.74, 6) is 1.63. The molecule has 0 saturated carbocycles. The largest absolute Gasteiger partial charge is 0.493 e. The van der Waals surface area contributed by atoms with Crippen LogP contribution in [0.3, 0.4) is 0 Å². The van der Waals surface area contributed by atoms with Gasteiger partial charge < -0.3 is 14.6 Å². The minimum absolute atomic E-state index is 0.723. The molecule has 2 rings (SSSR count). The number of para-hydroxylation sites is 1. The van der Waals surface area contributed by atoms with E-state index in [4.69, 9.17) is 9.26 Å². The highest BCUT2D eigenvalue weighted by atomic mass is 16.5. The van der Waals surface area contributed by atoms with Crippen LogP contribution in [0.5, 0.6) is 5.75 Å². The van der Waals surface area contributed by atoms with Gasteiger partial charge in [-0.1, -0.05) is 56.8 Å². The van der Waals surface area contributed by atoms with Gasteiger partial charge in [0.2, 0.25) is 0 Å². The van der Waals surface area contributed by atoms with Crippen molar-refractivity contribution >= 4 is 0 Å². The molecule has 1 heterocycles. The van der Waals surface area contributed by atoms with E-state index in [1.54, 1.807) is 0 Å². The molecule has 126 valence electrons. The molecule has 4 heteroatoms. The van der Waals surface area contributed by atoms with Crippen LogP contribution < -0.4 is 10.1 Å². The highest BCUT2D eigenvalue weighted by Gasteiger charge is 2.11. The molecular weight excluding hydrogens is 288 g/mol. The van der Waals surface area contributed by atoms with E-state index in [0.29, 0.717) is 0 Å². The van der Waals surface area contributed by atoms with Gasteiger partial charge in [0.05, 0.1) is 17.9 Å². The van der Waals surface area contributed by atoms with Gasteiger partial charge in [0.1, 0.15) is 5.75 Å². The Bertz CT molecular complexity index is 566. The third-order valence-electron chi connectivity index (χ3n) is 3.77. The molecule has 23 heavy (non-hydrogen) atoms. The summed E-state index contributed by atoms with van der Waals surface area (Å²) < 4.78 is 11.4. The maximum Gasteiger partial charge on any atom is 0.170 e. The van der Waals surface area contributed by atoms with Crippen LogP contribution in [0, 0.1) is 0 Å². The van der Waals surface area contributed by atoms with Crippen LogP contribution >= 0.6 is 0 Å². The number of rotatable bonds is 11. The van der Waals surface area contributed by atoms with Crippen molar-refractivity contribution in [3.8, 4) is 17.1 Å². The van der Waals surface area contributed by atoms with Crippen LogP contribution in [0.25, 0.3) is 11.3 Å². The first-order valence-corrected chi connectivity index (χ1v) is 8.73. The van der Waals surface area contributed by atoms with Gasteiger partial charge in [-0.15, -0.1) is 0 Å². The van der Waals surface area contributed by atoms with Gasteiger partial charge >= 0.3 is 0 Å². The second kappa shape index (κ2) is 10.1. The van der Waals surface area contributed by atoms with E-state index >= 15 is 0 Å². The van der Waals surface area contributed by atoms with Gasteiger partial charge in [-0.25, -0.2) is 0 Å². The number of nitrogens with one attached hydrogen (secondary N) is 1. The molecule has 0 spiro atoms. The lowest BCUT2D eigenvalue weighted by Gasteiger charge is -2.09. The van der Waals surface area contributed by atoms with E-state index in [-0.39, 0.29) is 0 Å². The SMILES string of the molecule is CCCCCCCOc1ccccc1-c1cc(CNCC)no1. The number of benzene rings is 1. The molecule has 1 aromatic carbocycles. The van der Waals surface area contributed by atoms with E-state index in [0.717, 1.165) is 48.9 Å². The number of hydrogen-bond acceptors (Lipinski definition) is 4. The molecule has 0 amide bonds. The Balaban J connectivity index is 1.93. The molecule has 1 aromatic heterocycles. The van der Waals surface area contributed by atoms with Crippen molar-refractivity contribution < 1.29 is 9.26 Å². The van der Waals surface area contributed by atoms with E-state index < -0.39 is 0 Å². The van der Waals surface area contributed by atoms with Crippen LogP contribution in [-0.4, -0.2) is 18.3 Å². The lowest BCUT2D eigenvalue weighted by Crippen LogP contribution is -2.11. The molecule has 0 fully saturated rings. The second-order valence-corrected chi connectivity index (χ2v) is 5.72. The average Bonchev–Trinajstić information content (AvgIpc) is 3.05. The maximum absolute atomic E-state index is 5.96. The lowest BCUT2D eigenvalue weighted by atomic mass is 10.1. The van der Waals surface area contributed by atoms with Crippen molar-refractivity contribution in [2.45, 2.75) is 52.5 Å². The molecule has 0 aliphatic rings. The summed E-state index contributed by atoms with van der Waals surface area (Å²) in [4.78, 5) is 0. The molecule has 0 radical (unpaired) electrons. The number of aromatic nitrogens is 1. The Morgan fingerprint density at radius 3 is 2.74 bits per heavy atom. The van der Waals surface area contributed by atoms with Crippen molar-refractivity contribution in [2.24, 2.45) is 0 Å². The van der Waals surface area contributed by atoms with Crippen LogP contribution in [0.2, 0.25) is 0 Å². The predicted molar refractivity (Wildman–Crippen MR) is 93.6 cm³/mol. The summed E-state index contributed by atoms with van der Waals surface area (Å²) in [7, 11) is 0. The zero-order valence-electron chi connectivity index (χ0n) is 14.3. The molecule has 2 aromatic rings. The minimum Gasteiger partial charge on any atom is -0.493 e. The quantitative estimate of drug-likeness (QED) is 0.605. The highest BCUT2D eigenvalue weighted by molar-refractivity contribution is 5.65. The van der Waals surface area contributed by atoms with E-state index in [1.165, 1.54) is 25.7 Å². The first kappa shape index (κ1) is 17.5. The fraction of sp³-hybridized carbons (Fsp3) is 0.526. The smallest absolute Gasteiger partial charge is 0.170 e. The standard InChI is InChI=1S/C19H28N2O2/c1-3-5-6-7-10-13-22-18-12-9-8-11-17(18)19-14-16(21-23-19)15-20-4-2/h8-9,11-12,14,20H,3-7,10,13,15H2,1-2H3. The second-order valence-electron chi connectivity index (χ2n) is 5.72. The molecule has 0 atom stereocenters. The lowest BCUT2D eigenvalue weighted by molar-refractivity contribution is 0.304. The third kappa shape index (κ3) is 5.71.